The molecule has 0 heteroatoms. The highest BCUT2D eigenvalue weighted by Gasteiger charge is 1.93. The Balaban J connectivity index is 2.13. The van der Waals surface area contributed by atoms with E-state index >= 15 is 0 Å². The summed E-state index contributed by atoms with van der Waals surface area (Å²) in [5, 5.41) is 0. The van der Waals surface area contributed by atoms with Crippen LogP contribution in [0.4, 0.5) is 0 Å². The van der Waals surface area contributed by atoms with Crippen molar-refractivity contribution < 1.29 is 0 Å². The van der Waals surface area contributed by atoms with Gasteiger partial charge in [0.15, 0.2) is 0 Å². The Morgan fingerprint density at radius 3 is 1.00 bits per heavy atom. The van der Waals surface area contributed by atoms with E-state index in [9.17, 15) is 0 Å². The Bertz CT molecular complexity index is 178. The van der Waals surface area contributed by atoms with Gasteiger partial charge in [0, 0.05) is 0 Å². The first kappa shape index (κ1) is 14.5. The fourth-order valence-electron chi connectivity index (χ4n) is 2.46. The van der Waals surface area contributed by atoms with Crippen LogP contribution in [0.5, 0.6) is 0 Å². The van der Waals surface area contributed by atoms with Crippen LogP contribution in [0.3, 0.4) is 0 Å². The summed E-state index contributed by atoms with van der Waals surface area (Å²) in [4.78, 5) is 0. The summed E-state index contributed by atoms with van der Waals surface area (Å²) >= 11 is 0. The Hall–Kier alpha value is -0.520. The van der Waals surface area contributed by atoms with E-state index in [4.69, 9.17) is 0 Å². The Labute approximate surface area is 108 Å². The van der Waals surface area contributed by atoms with Crippen LogP contribution in [0.2, 0.25) is 0 Å². The molecule has 98 valence electrons. The van der Waals surface area contributed by atoms with Crippen molar-refractivity contribution in [3.63, 3.8) is 0 Å². The fraction of sp³-hybridized carbons (Fsp3) is 0.765. The maximum atomic E-state index is 2.33. The smallest absolute Gasteiger partial charge is 0.0348 e. The highest BCUT2D eigenvalue weighted by molar-refractivity contribution is 5.02. The maximum Gasteiger partial charge on any atom is -0.0348 e. The SMILES string of the molecule is C1=C\CCCCCCCCCCCCC\C=C/1. The van der Waals surface area contributed by atoms with Crippen molar-refractivity contribution in [2.75, 3.05) is 0 Å². The predicted molar refractivity (Wildman–Crippen MR) is 78.3 cm³/mol. The quantitative estimate of drug-likeness (QED) is 0.469. The standard InChI is InChI=1S/C17H30/c1-2-4-6-8-10-12-14-16-17-15-13-11-9-7-5-3-1/h1-4H,5-17H2/b3-1-,4-2-. The van der Waals surface area contributed by atoms with E-state index in [0.717, 1.165) is 0 Å². The van der Waals surface area contributed by atoms with Crippen LogP contribution in [0.15, 0.2) is 24.3 Å². The lowest BCUT2D eigenvalue weighted by Gasteiger charge is -2.02. The van der Waals surface area contributed by atoms with Crippen LogP contribution in [0.25, 0.3) is 0 Å². The second kappa shape index (κ2) is 12.0. The molecule has 0 aromatic heterocycles. The van der Waals surface area contributed by atoms with Gasteiger partial charge in [-0.2, -0.15) is 0 Å². The Morgan fingerprint density at radius 2 is 0.647 bits per heavy atom. The van der Waals surface area contributed by atoms with Crippen LogP contribution in [-0.2, 0) is 0 Å². The van der Waals surface area contributed by atoms with E-state index in [2.05, 4.69) is 24.3 Å². The molecule has 0 saturated heterocycles. The highest BCUT2D eigenvalue weighted by atomic mass is 14.0. The van der Waals surface area contributed by atoms with Gasteiger partial charge in [0.05, 0.1) is 0 Å². The largest absolute Gasteiger partial charge is 0.0845 e. The molecule has 0 unspecified atom stereocenters. The van der Waals surface area contributed by atoms with Crippen molar-refractivity contribution in [3.8, 4) is 0 Å². The summed E-state index contributed by atoms with van der Waals surface area (Å²) in [5.74, 6) is 0. The highest BCUT2D eigenvalue weighted by Crippen LogP contribution is 2.13. The van der Waals surface area contributed by atoms with Gasteiger partial charge in [0.25, 0.3) is 0 Å². The molecule has 0 aromatic rings. The average molecular weight is 234 g/mol. The van der Waals surface area contributed by atoms with E-state index in [1.165, 1.54) is 83.5 Å². The lowest BCUT2D eigenvalue weighted by atomic mass is 10.0. The molecule has 0 heterocycles. The van der Waals surface area contributed by atoms with E-state index < -0.39 is 0 Å². The first-order valence-corrected chi connectivity index (χ1v) is 7.82. The molecule has 0 saturated carbocycles. The van der Waals surface area contributed by atoms with Crippen LogP contribution in [-0.4, -0.2) is 0 Å². The van der Waals surface area contributed by atoms with Crippen molar-refractivity contribution >= 4 is 0 Å². The summed E-state index contributed by atoms with van der Waals surface area (Å²) in [7, 11) is 0. The molecule has 0 radical (unpaired) electrons. The third kappa shape index (κ3) is 10.4. The average Bonchev–Trinajstić information content (AvgIpc) is 2.35. The fourth-order valence-corrected chi connectivity index (χ4v) is 2.46. The van der Waals surface area contributed by atoms with Crippen LogP contribution in [0, 0.1) is 0 Å². The lowest BCUT2D eigenvalue weighted by Crippen LogP contribution is -1.82. The minimum atomic E-state index is 1.27. The van der Waals surface area contributed by atoms with Crippen molar-refractivity contribution in [2.45, 2.75) is 83.5 Å². The summed E-state index contributed by atoms with van der Waals surface area (Å²) in [5.41, 5.74) is 0. The topological polar surface area (TPSA) is 0 Å². The molecule has 0 nitrogen and oxygen atoms in total. The van der Waals surface area contributed by atoms with E-state index in [-0.39, 0.29) is 0 Å². The number of rotatable bonds is 0. The van der Waals surface area contributed by atoms with Crippen molar-refractivity contribution in [1.29, 1.82) is 0 Å². The molecule has 0 fully saturated rings. The first-order valence-electron chi connectivity index (χ1n) is 7.82. The van der Waals surface area contributed by atoms with E-state index in [1.807, 2.05) is 0 Å². The molecule has 1 aliphatic rings. The van der Waals surface area contributed by atoms with Gasteiger partial charge in [0.2, 0.25) is 0 Å². The molecule has 0 aliphatic heterocycles. The van der Waals surface area contributed by atoms with Gasteiger partial charge in [-0.25, -0.2) is 0 Å². The summed E-state index contributed by atoms with van der Waals surface area (Å²) in [6.07, 6.45) is 27.5. The molecule has 0 aromatic carbocycles. The van der Waals surface area contributed by atoms with Crippen LogP contribution >= 0.6 is 0 Å². The summed E-state index contributed by atoms with van der Waals surface area (Å²) in [6.45, 7) is 0. The molecule has 1 aliphatic carbocycles. The van der Waals surface area contributed by atoms with E-state index in [0.29, 0.717) is 0 Å². The third-order valence-corrected chi connectivity index (χ3v) is 3.62. The van der Waals surface area contributed by atoms with Gasteiger partial charge in [-0.15, -0.1) is 0 Å². The summed E-state index contributed by atoms with van der Waals surface area (Å²) < 4.78 is 0. The summed E-state index contributed by atoms with van der Waals surface area (Å²) in [6, 6.07) is 0. The minimum Gasteiger partial charge on any atom is -0.0845 e. The number of hydrogen-bond donors (Lipinski definition) is 0. The first-order chi connectivity index (χ1) is 8.50. The molecule has 17 heavy (non-hydrogen) atoms. The molecular weight excluding hydrogens is 204 g/mol. The predicted octanol–water partition coefficient (Wildman–Crippen LogP) is 6.18. The van der Waals surface area contributed by atoms with Crippen molar-refractivity contribution in [3.05, 3.63) is 24.3 Å². The molecule has 0 atom stereocenters. The second-order valence-corrected chi connectivity index (χ2v) is 5.32. The molecule has 1 rings (SSSR count). The van der Waals surface area contributed by atoms with Gasteiger partial charge in [0.1, 0.15) is 0 Å². The minimum absolute atomic E-state index is 1.27. The number of hydrogen-bond acceptors (Lipinski definition) is 0. The lowest BCUT2D eigenvalue weighted by molar-refractivity contribution is 0.547. The van der Waals surface area contributed by atoms with Crippen molar-refractivity contribution in [1.82, 2.24) is 0 Å². The van der Waals surface area contributed by atoms with Crippen LogP contribution in [0.1, 0.15) is 83.5 Å². The van der Waals surface area contributed by atoms with Gasteiger partial charge < -0.3 is 0 Å². The zero-order chi connectivity index (χ0) is 12.0. The van der Waals surface area contributed by atoms with Crippen LogP contribution < -0.4 is 0 Å². The zero-order valence-corrected chi connectivity index (χ0v) is 11.5. The van der Waals surface area contributed by atoms with Crippen molar-refractivity contribution in [2.24, 2.45) is 0 Å². The maximum absolute atomic E-state index is 2.33. The Morgan fingerprint density at radius 1 is 0.353 bits per heavy atom. The molecule has 0 N–H and O–H groups in total. The van der Waals surface area contributed by atoms with Gasteiger partial charge in [-0.3, -0.25) is 0 Å². The molecule has 0 spiro atoms. The molecule has 0 amide bonds. The Kier molecular flexibility index (Phi) is 10.2. The molecular formula is C17H30. The molecule has 0 bridgehead atoms. The third-order valence-electron chi connectivity index (χ3n) is 3.62. The number of allylic oxidation sites excluding steroid dienone is 4. The normalized spacial score (nSPS) is 25.9. The zero-order valence-electron chi connectivity index (χ0n) is 11.5. The van der Waals surface area contributed by atoms with Gasteiger partial charge in [-0.05, 0) is 25.7 Å². The van der Waals surface area contributed by atoms with E-state index in [1.54, 1.807) is 0 Å². The van der Waals surface area contributed by atoms with Gasteiger partial charge in [-0.1, -0.05) is 82.1 Å². The second-order valence-electron chi connectivity index (χ2n) is 5.32. The van der Waals surface area contributed by atoms with Gasteiger partial charge >= 0.3 is 0 Å². The monoisotopic (exact) mass is 234 g/mol.